The molecule has 0 radical (unpaired) electrons. The number of nitrogens with one attached hydrogen (secondary N) is 1. The fourth-order valence-electron chi connectivity index (χ4n) is 2.83. The van der Waals surface area contributed by atoms with Gasteiger partial charge in [-0.2, -0.15) is 5.10 Å². The van der Waals surface area contributed by atoms with Gasteiger partial charge in [-0.05, 0) is 66.6 Å². The van der Waals surface area contributed by atoms with E-state index in [4.69, 9.17) is 37.4 Å². The first kappa shape index (κ1) is 24.4. The fourth-order valence-corrected chi connectivity index (χ4v) is 3.29. The van der Waals surface area contributed by atoms with Gasteiger partial charge in [-0.3, -0.25) is 4.79 Å². The van der Waals surface area contributed by atoms with Crippen LogP contribution in [0.3, 0.4) is 0 Å². The molecule has 3 rings (SSSR count). The molecule has 0 spiro atoms. The third kappa shape index (κ3) is 7.14. The Labute approximate surface area is 203 Å². The van der Waals surface area contributed by atoms with Gasteiger partial charge in [-0.1, -0.05) is 36.2 Å². The summed E-state index contributed by atoms with van der Waals surface area (Å²) >= 11 is 12.1. The maximum Gasteiger partial charge on any atom is 0.271 e. The molecule has 0 aliphatic heterocycles. The Bertz CT molecular complexity index is 1120. The minimum atomic E-state index is -0.319. The van der Waals surface area contributed by atoms with Crippen molar-refractivity contribution in [2.75, 3.05) is 13.7 Å². The van der Waals surface area contributed by atoms with Gasteiger partial charge in [0.2, 0.25) is 0 Å². The second-order valence-electron chi connectivity index (χ2n) is 7.01. The Morgan fingerprint density at radius 3 is 2.48 bits per heavy atom. The lowest BCUT2D eigenvalue weighted by atomic mass is 10.2. The summed E-state index contributed by atoms with van der Waals surface area (Å²) in [6.45, 7) is 2.93. The molecular formula is C25H24Cl2N2O4. The van der Waals surface area contributed by atoms with Gasteiger partial charge >= 0.3 is 0 Å². The minimum Gasteiger partial charge on any atom is -0.494 e. The zero-order valence-electron chi connectivity index (χ0n) is 18.3. The maximum atomic E-state index is 12.3. The van der Waals surface area contributed by atoms with E-state index >= 15 is 0 Å². The van der Waals surface area contributed by atoms with Crippen LogP contribution in [0.1, 0.15) is 34.8 Å². The van der Waals surface area contributed by atoms with Crippen LogP contribution < -0.4 is 19.6 Å². The highest BCUT2D eigenvalue weighted by atomic mass is 35.5. The molecule has 0 heterocycles. The van der Waals surface area contributed by atoms with E-state index in [9.17, 15) is 4.79 Å². The van der Waals surface area contributed by atoms with Crippen LogP contribution in [0.4, 0.5) is 0 Å². The van der Waals surface area contributed by atoms with Crippen molar-refractivity contribution in [3.63, 3.8) is 0 Å². The molecule has 0 saturated heterocycles. The van der Waals surface area contributed by atoms with Crippen molar-refractivity contribution < 1.29 is 19.0 Å². The lowest BCUT2D eigenvalue weighted by molar-refractivity contribution is 0.0955. The van der Waals surface area contributed by atoms with Gasteiger partial charge in [0.1, 0.15) is 12.4 Å². The molecule has 1 N–H and O–H groups in total. The summed E-state index contributed by atoms with van der Waals surface area (Å²) in [5.41, 5.74) is 4.53. The van der Waals surface area contributed by atoms with Crippen molar-refractivity contribution >= 4 is 35.3 Å². The SMILES string of the molecule is CCCOc1ccc(C(=O)N/N=C\c2ccc(OCc3ccc(Cl)cc3Cl)c(OC)c2)cc1. The molecule has 172 valence electrons. The van der Waals surface area contributed by atoms with Crippen LogP contribution in [0.5, 0.6) is 17.2 Å². The molecule has 0 fully saturated rings. The summed E-state index contributed by atoms with van der Waals surface area (Å²) < 4.78 is 16.8. The van der Waals surface area contributed by atoms with Crippen molar-refractivity contribution in [2.45, 2.75) is 20.0 Å². The van der Waals surface area contributed by atoms with Crippen LogP contribution in [0.15, 0.2) is 65.8 Å². The van der Waals surface area contributed by atoms with Crippen molar-refractivity contribution in [3.8, 4) is 17.2 Å². The highest BCUT2D eigenvalue weighted by Crippen LogP contribution is 2.29. The quantitative estimate of drug-likeness (QED) is 0.276. The molecule has 0 aliphatic carbocycles. The van der Waals surface area contributed by atoms with E-state index in [2.05, 4.69) is 10.5 Å². The normalized spacial score (nSPS) is 10.8. The van der Waals surface area contributed by atoms with Gasteiger partial charge in [-0.25, -0.2) is 5.43 Å². The third-order valence-electron chi connectivity index (χ3n) is 4.56. The smallest absolute Gasteiger partial charge is 0.271 e. The van der Waals surface area contributed by atoms with Gasteiger partial charge in [0.15, 0.2) is 11.5 Å². The zero-order chi connectivity index (χ0) is 23.6. The van der Waals surface area contributed by atoms with E-state index < -0.39 is 0 Å². The highest BCUT2D eigenvalue weighted by molar-refractivity contribution is 6.35. The molecular weight excluding hydrogens is 463 g/mol. The Morgan fingerprint density at radius 1 is 1.00 bits per heavy atom. The van der Waals surface area contributed by atoms with E-state index in [0.717, 1.165) is 23.3 Å². The maximum absolute atomic E-state index is 12.3. The van der Waals surface area contributed by atoms with Gasteiger partial charge in [0.05, 0.1) is 19.9 Å². The van der Waals surface area contributed by atoms with Crippen molar-refractivity contribution in [1.29, 1.82) is 0 Å². The minimum absolute atomic E-state index is 0.262. The van der Waals surface area contributed by atoms with Crippen LogP contribution in [0.25, 0.3) is 0 Å². The van der Waals surface area contributed by atoms with E-state index in [1.807, 2.05) is 13.0 Å². The average molecular weight is 487 g/mol. The first-order valence-corrected chi connectivity index (χ1v) is 11.1. The fraction of sp³-hybridized carbons (Fsp3) is 0.200. The molecule has 1 amide bonds. The average Bonchev–Trinajstić information content (AvgIpc) is 2.82. The number of ether oxygens (including phenoxy) is 3. The second kappa shape index (κ2) is 12.1. The Morgan fingerprint density at radius 2 is 1.79 bits per heavy atom. The number of hydrogen-bond donors (Lipinski definition) is 1. The van der Waals surface area contributed by atoms with E-state index in [0.29, 0.717) is 33.7 Å². The summed E-state index contributed by atoms with van der Waals surface area (Å²) in [5, 5.41) is 5.12. The number of hydrogen-bond acceptors (Lipinski definition) is 5. The Balaban J connectivity index is 1.58. The molecule has 0 bridgehead atoms. The first-order chi connectivity index (χ1) is 16.0. The van der Waals surface area contributed by atoms with Crippen LogP contribution in [-0.4, -0.2) is 25.8 Å². The largest absolute Gasteiger partial charge is 0.494 e. The van der Waals surface area contributed by atoms with Crippen LogP contribution >= 0.6 is 23.2 Å². The number of carbonyl (C=O) groups is 1. The topological polar surface area (TPSA) is 69.2 Å². The van der Waals surface area contributed by atoms with Gasteiger partial charge in [0.25, 0.3) is 5.91 Å². The van der Waals surface area contributed by atoms with Crippen LogP contribution in [0, 0.1) is 0 Å². The molecule has 0 aliphatic rings. The standard InChI is InChI=1S/C25H24Cl2N2O4/c1-3-12-32-21-9-6-18(7-10-21)25(30)29-28-15-17-4-11-23(24(13-17)31-2)33-16-19-5-8-20(26)14-22(19)27/h4-11,13-15H,3,12,16H2,1-2H3,(H,29,30)/b28-15-. The van der Waals surface area contributed by atoms with Crippen LogP contribution in [0.2, 0.25) is 10.0 Å². The first-order valence-electron chi connectivity index (χ1n) is 10.3. The lowest BCUT2D eigenvalue weighted by Crippen LogP contribution is -2.17. The summed E-state index contributed by atoms with van der Waals surface area (Å²) in [6, 6.07) is 17.5. The number of methoxy groups -OCH3 is 1. The number of rotatable bonds is 10. The van der Waals surface area contributed by atoms with Crippen molar-refractivity contribution in [2.24, 2.45) is 5.10 Å². The van der Waals surface area contributed by atoms with Gasteiger partial charge in [0, 0.05) is 21.2 Å². The van der Waals surface area contributed by atoms with E-state index in [1.54, 1.807) is 61.7 Å². The molecule has 0 aromatic heterocycles. The Kier molecular flexibility index (Phi) is 8.98. The highest BCUT2D eigenvalue weighted by Gasteiger charge is 2.08. The van der Waals surface area contributed by atoms with Crippen molar-refractivity contribution in [3.05, 3.63) is 87.4 Å². The molecule has 8 heteroatoms. The zero-order valence-corrected chi connectivity index (χ0v) is 19.8. The molecule has 0 saturated carbocycles. The lowest BCUT2D eigenvalue weighted by Gasteiger charge is -2.12. The second-order valence-corrected chi connectivity index (χ2v) is 7.85. The molecule has 0 unspecified atom stereocenters. The molecule has 0 atom stereocenters. The monoisotopic (exact) mass is 486 g/mol. The number of halogens is 2. The molecule has 3 aromatic carbocycles. The van der Waals surface area contributed by atoms with E-state index in [-0.39, 0.29) is 12.5 Å². The van der Waals surface area contributed by atoms with Crippen LogP contribution in [-0.2, 0) is 6.61 Å². The van der Waals surface area contributed by atoms with E-state index in [1.165, 1.54) is 6.21 Å². The summed E-state index contributed by atoms with van der Waals surface area (Å²) in [7, 11) is 1.55. The predicted octanol–water partition coefficient (Wildman–Crippen LogP) is 6.13. The number of benzene rings is 3. The molecule has 3 aromatic rings. The summed E-state index contributed by atoms with van der Waals surface area (Å²) in [6.07, 6.45) is 2.45. The molecule has 6 nitrogen and oxygen atoms in total. The third-order valence-corrected chi connectivity index (χ3v) is 5.14. The number of amides is 1. The van der Waals surface area contributed by atoms with Gasteiger partial charge < -0.3 is 14.2 Å². The predicted molar refractivity (Wildman–Crippen MR) is 131 cm³/mol. The number of nitrogens with zero attached hydrogens (tertiary/aromatic N) is 1. The molecule has 33 heavy (non-hydrogen) atoms. The van der Waals surface area contributed by atoms with Crippen molar-refractivity contribution in [1.82, 2.24) is 5.43 Å². The summed E-state index contributed by atoms with van der Waals surface area (Å²) in [5.74, 6) is 1.48. The Hall–Kier alpha value is -3.22. The summed E-state index contributed by atoms with van der Waals surface area (Å²) in [4.78, 5) is 12.3. The number of hydrazone groups is 1. The number of carbonyl (C=O) groups excluding carboxylic acids is 1. The van der Waals surface area contributed by atoms with Gasteiger partial charge in [-0.15, -0.1) is 0 Å².